The highest BCUT2D eigenvalue weighted by Gasteiger charge is 2.46. The summed E-state index contributed by atoms with van der Waals surface area (Å²) in [5, 5.41) is 0. The molecule has 52 heavy (non-hydrogen) atoms. The fourth-order valence-electron chi connectivity index (χ4n) is 9.51. The van der Waals surface area contributed by atoms with E-state index >= 15 is 0 Å². The van der Waals surface area contributed by atoms with Crippen LogP contribution in [0.3, 0.4) is 0 Å². The Labute approximate surface area is 319 Å². The predicted molar refractivity (Wildman–Crippen MR) is 228 cm³/mol. The van der Waals surface area contributed by atoms with Crippen LogP contribution in [0.25, 0.3) is 22.3 Å². The first-order valence-electron chi connectivity index (χ1n) is 21.0. The first-order valence-corrected chi connectivity index (χ1v) is 21.0. The maximum absolute atomic E-state index is 2.70. The fraction of sp³-hybridized carbons (Fsp3) is 0.538. The van der Waals surface area contributed by atoms with Gasteiger partial charge in [0.1, 0.15) is 0 Å². The molecule has 2 aliphatic carbocycles. The van der Waals surface area contributed by atoms with E-state index in [1.165, 1.54) is 120 Å². The third-order valence-electron chi connectivity index (χ3n) is 13.9. The first-order chi connectivity index (χ1) is 24.5. The Morgan fingerprint density at radius 1 is 0.423 bits per heavy atom. The predicted octanol–water partition coefficient (Wildman–Crippen LogP) is 15.3. The highest BCUT2D eigenvalue weighted by Crippen LogP contribution is 2.57. The van der Waals surface area contributed by atoms with Crippen LogP contribution >= 0.6 is 0 Å². The topological polar surface area (TPSA) is 0 Å². The number of rotatable bonds is 13. The highest BCUT2D eigenvalue weighted by molar-refractivity contribution is 5.82. The second-order valence-corrected chi connectivity index (χ2v) is 19.9. The van der Waals surface area contributed by atoms with Gasteiger partial charge in [-0.1, -0.05) is 207 Å². The Kier molecular flexibility index (Phi) is 10.6. The summed E-state index contributed by atoms with van der Waals surface area (Å²) in [5.74, 6) is 0. The summed E-state index contributed by atoms with van der Waals surface area (Å²) in [5.41, 5.74) is 18.1. The van der Waals surface area contributed by atoms with Gasteiger partial charge in [-0.25, -0.2) is 0 Å². The van der Waals surface area contributed by atoms with Gasteiger partial charge in [0.2, 0.25) is 0 Å². The van der Waals surface area contributed by atoms with E-state index in [1.54, 1.807) is 11.1 Å². The second kappa shape index (κ2) is 14.3. The molecule has 6 rings (SSSR count). The van der Waals surface area contributed by atoms with E-state index in [0.29, 0.717) is 0 Å². The maximum Gasteiger partial charge on any atom is 0.0215 e. The summed E-state index contributed by atoms with van der Waals surface area (Å²) in [4.78, 5) is 0. The van der Waals surface area contributed by atoms with Gasteiger partial charge in [0.05, 0.1) is 0 Å². The second-order valence-electron chi connectivity index (χ2n) is 19.9. The van der Waals surface area contributed by atoms with E-state index in [4.69, 9.17) is 0 Å². The third-order valence-corrected chi connectivity index (χ3v) is 13.9. The monoisotopic (exact) mass is 695 g/mol. The smallest absolute Gasteiger partial charge is 0.0215 e. The Hall–Kier alpha value is -3.12. The van der Waals surface area contributed by atoms with Crippen molar-refractivity contribution in [1.82, 2.24) is 0 Å². The maximum atomic E-state index is 2.70. The summed E-state index contributed by atoms with van der Waals surface area (Å²) in [6, 6.07) is 29.9. The molecule has 4 aromatic rings. The van der Waals surface area contributed by atoms with Gasteiger partial charge in [0.25, 0.3) is 0 Å². The molecule has 2 aliphatic rings. The molecule has 0 nitrogen and oxygen atoms in total. The van der Waals surface area contributed by atoms with Crippen molar-refractivity contribution in [3.05, 3.63) is 117 Å². The van der Waals surface area contributed by atoms with Crippen molar-refractivity contribution in [3.8, 4) is 22.3 Å². The van der Waals surface area contributed by atoms with Crippen molar-refractivity contribution in [2.24, 2.45) is 0 Å². The van der Waals surface area contributed by atoms with E-state index in [9.17, 15) is 0 Å². The SMILES string of the molecule is CCCCCCC1(CCCCCC)c2cc(C(C)(C)C)ccc2-c2ccc(C(C)(C)C(C)(C)c3ccc4c(c3)Cc3cc(C(C)(C)C)ccc3-4)cc21. The van der Waals surface area contributed by atoms with Crippen molar-refractivity contribution in [2.75, 3.05) is 0 Å². The molecule has 4 aromatic carbocycles. The normalized spacial score (nSPS) is 15.0. The minimum atomic E-state index is -0.0807. The van der Waals surface area contributed by atoms with Gasteiger partial charge in [-0.05, 0) is 108 Å². The lowest BCUT2D eigenvalue weighted by Gasteiger charge is -2.44. The van der Waals surface area contributed by atoms with E-state index in [1.807, 2.05) is 0 Å². The number of hydrogen-bond donors (Lipinski definition) is 0. The first kappa shape index (κ1) is 38.6. The van der Waals surface area contributed by atoms with Crippen molar-refractivity contribution in [1.29, 1.82) is 0 Å². The molecule has 0 saturated carbocycles. The molecule has 0 bridgehead atoms. The molecule has 0 aromatic heterocycles. The zero-order valence-electron chi connectivity index (χ0n) is 35.2. The van der Waals surface area contributed by atoms with Crippen molar-refractivity contribution >= 4 is 0 Å². The molecule has 0 N–H and O–H groups in total. The van der Waals surface area contributed by atoms with Crippen LogP contribution in [0, 0.1) is 0 Å². The molecule has 0 atom stereocenters. The molecule has 0 saturated heterocycles. The molecule has 278 valence electrons. The third kappa shape index (κ3) is 6.87. The Bertz CT molecular complexity index is 1880. The van der Waals surface area contributed by atoms with Crippen molar-refractivity contribution < 1.29 is 0 Å². The zero-order valence-corrected chi connectivity index (χ0v) is 35.2. The van der Waals surface area contributed by atoms with Crippen LogP contribution in [0.2, 0.25) is 0 Å². The van der Waals surface area contributed by atoms with Crippen LogP contribution < -0.4 is 0 Å². The molecule has 0 spiro atoms. The van der Waals surface area contributed by atoms with Crippen LogP contribution in [-0.2, 0) is 33.5 Å². The van der Waals surface area contributed by atoms with E-state index in [2.05, 4.69) is 156 Å². The van der Waals surface area contributed by atoms with Gasteiger partial charge < -0.3 is 0 Å². The molecule has 0 aliphatic heterocycles. The minimum Gasteiger partial charge on any atom is -0.0654 e. The van der Waals surface area contributed by atoms with Crippen LogP contribution in [-0.4, -0.2) is 0 Å². The van der Waals surface area contributed by atoms with Gasteiger partial charge in [-0.3, -0.25) is 0 Å². The van der Waals surface area contributed by atoms with Gasteiger partial charge >= 0.3 is 0 Å². The van der Waals surface area contributed by atoms with Gasteiger partial charge in [-0.15, -0.1) is 0 Å². The van der Waals surface area contributed by atoms with Gasteiger partial charge in [-0.2, -0.15) is 0 Å². The summed E-state index contributed by atoms with van der Waals surface area (Å²) in [7, 11) is 0. The lowest BCUT2D eigenvalue weighted by atomic mass is 9.60. The molecular formula is C52H70. The lowest BCUT2D eigenvalue weighted by Crippen LogP contribution is -2.40. The van der Waals surface area contributed by atoms with Crippen LogP contribution in [0.1, 0.15) is 192 Å². The van der Waals surface area contributed by atoms with Crippen molar-refractivity contribution in [3.63, 3.8) is 0 Å². The largest absolute Gasteiger partial charge is 0.0654 e. The standard InChI is InChI=1S/C52H70/c1-13-15-17-19-29-52(30-20-18-16-14-2)46-34-39(49(6,7)8)22-27-44(46)45-28-24-41(35-47(45)52)51(11,12)50(9,10)40-23-26-43-37(33-40)31-36-32-38(48(3,4)5)21-25-42(36)43/h21-28,32-35H,13-20,29-31H2,1-12H3. The number of hydrogen-bond acceptors (Lipinski definition) is 0. The molecular weight excluding hydrogens is 625 g/mol. The van der Waals surface area contributed by atoms with E-state index < -0.39 is 0 Å². The fourth-order valence-corrected chi connectivity index (χ4v) is 9.51. The average molecular weight is 695 g/mol. The van der Waals surface area contributed by atoms with E-state index in [-0.39, 0.29) is 27.1 Å². The lowest BCUT2D eigenvalue weighted by molar-refractivity contribution is 0.302. The number of fused-ring (bicyclic) bond motifs is 6. The summed E-state index contributed by atoms with van der Waals surface area (Å²) < 4.78 is 0. The molecule has 0 radical (unpaired) electrons. The highest BCUT2D eigenvalue weighted by atomic mass is 14.5. The minimum absolute atomic E-state index is 0.0720. The van der Waals surface area contributed by atoms with Crippen LogP contribution in [0.4, 0.5) is 0 Å². The molecule has 0 unspecified atom stereocenters. The van der Waals surface area contributed by atoms with Gasteiger partial charge in [0, 0.05) is 5.41 Å². The van der Waals surface area contributed by atoms with Crippen molar-refractivity contribution in [2.45, 2.75) is 181 Å². The quantitative estimate of drug-likeness (QED) is 0.108. The Morgan fingerprint density at radius 3 is 1.23 bits per heavy atom. The Balaban J connectivity index is 1.41. The number of unbranched alkanes of at least 4 members (excludes halogenated alkanes) is 6. The average Bonchev–Trinajstić information content (AvgIpc) is 3.59. The molecule has 0 heteroatoms. The summed E-state index contributed by atoms with van der Waals surface area (Å²) in [6.45, 7) is 28.8. The molecule has 0 fully saturated rings. The van der Waals surface area contributed by atoms with Gasteiger partial charge in [0.15, 0.2) is 0 Å². The Morgan fingerprint density at radius 2 is 0.788 bits per heavy atom. The molecule has 0 amide bonds. The summed E-state index contributed by atoms with van der Waals surface area (Å²) in [6.07, 6.45) is 14.0. The van der Waals surface area contributed by atoms with Crippen LogP contribution in [0.5, 0.6) is 0 Å². The zero-order chi connectivity index (χ0) is 37.7. The number of benzene rings is 4. The van der Waals surface area contributed by atoms with Crippen LogP contribution in [0.15, 0.2) is 72.8 Å². The summed E-state index contributed by atoms with van der Waals surface area (Å²) >= 11 is 0. The van der Waals surface area contributed by atoms with E-state index in [0.717, 1.165) is 6.42 Å². The molecule has 0 heterocycles.